The first-order chi connectivity index (χ1) is 16.0. The van der Waals surface area contributed by atoms with E-state index in [4.69, 9.17) is 19.9 Å². The number of aromatic nitrogens is 2. The van der Waals surface area contributed by atoms with Crippen molar-refractivity contribution in [1.82, 2.24) is 9.97 Å². The second-order valence-electron chi connectivity index (χ2n) is 7.12. The molecule has 0 amide bonds. The Labute approximate surface area is 190 Å². The number of nitrogen functional groups attached to an aromatic ring is 1. The van der Waals surface area contributed by atoms with Crippen LogP contribution < -0.4 is 19.9 Å². The molecule has 3 N–H and O–H groups in total. The Hall–Kier alpha value is -4.33. The molecule has 0 fully saturated rings. The summed E-state index contributed by atoms with van der Waals surface area (Å²) in [6.07, 6.45) is 1.58. The average molecular weight is 447 g/mol. The molecule has 0 aliphatic heterocycles. The lowest BCUT2D eigenvalue weighted by molar-refractivity contribution is 0.298. The lowest BCUT2D eigenvalue weighted by Gasteiger charge is -2.14. The number of rotatable bonds is 7. The van der Waals surface area contributed by atoms with Crippen molar-refractivity contribution in [1.29, 1.82) is 0 Å². The number of hydrogen-bond acceptors (Lipinski definition) is 7. The third-order valence-corrected chi connectivity index (χ3v) is 5.08. The standard InChI is InChI=1S/C25H22FN3O4/c1-31-22-10-7-15(11-23(22)32-2)19-13-28-25(27)29-24(19)18-9-8-17(12-21(18)30)33-14-16-5-3-4-6-20(16)26/h3-13,30H,14H2,1-2H3,(H2,27,28,29). The maximum absolute atomic E-state index is 13.8. The molecule has 1 aromatic heterocycles. The van der Waals surface area contributed by atoms with Crippen LogP contribution in [0.25, 0.3) is 22.4 Å². The molecule has 0 atom stereocenters. The Kier molecular flexibility index (Phi) is 6.26. The predicted molar refractivity (Wildman–Crippen MR) is 123 cm³/mol. The fourth-order valence-electron chi connectivity index (χ4n) is 3.39. The van der Waals surface area contributed by atoms with Crippen LogP contribution in [0.2, 0.25) is 0 Å². The maximum Gasteiger partial charge on any atom is 0.220 e. The molecule has 4 rings (SSSR count). The predicted octanol–water partition coefficient (Wildman–Crippen LogP) is 4.83. The number of halogens is 1. The van der Waals surface area contributed by atoms with Gasteiger partial charge in [0.15, 0.2) is 11.5 Å². The van der Waals surface area contributed by atoms with Crippen molar-refractivity contribution in [2.24, 2.45) is 0 Å². The molecule has 33 heavy (non-hydrogen) atoms. The van der Waals surface area contributed by atoms with E-state index >= 15 is 0 Å². The van der Waals surface area contributed by atoms with Gasteiger partial charge in [-0.25, -0.2) is 14.4 Å². The minimum atomic E-state index is -0.352. The minimum absolute atomic E-state index is 0.0306. The third-order valence-electron chi connectivity index (χ3n) is 5.08. The van der Waals surface area contributed by atoms with Gasteiger partial charge in [0, 0.05) is 29.0 Å². The van der Waals surface area contributed by atoms with Gasteiger partial charge in [-0.2, -0.15) is 0 Å². The number of ether oxygens (including phenoxy) is 3. The lowest BCUT2D eigenvalue weighted by atomic mass is 9.99. The Bertz CT molecular complexity index is 1300. The molecule has 3 aromatic carbocycles. The molecule has 1 heterocycles. The first kappa shape index (κ1) is 21.9. The highest BCUT2D eigenvalue weighted by Crippen LogP contribution is 2.39. The van der Waals surface area contributed by atoms with Gasteiger partial charge >= 0.3 is 0 Å². The van der Waals surface area contributed by atoms with Gasteiger partial charge in [0.05, 0.1) is 19.9 Å². The van der Waals surface area contributed by atoms with Crippen LogP contribution in [-0.2, 0) is 6.61 Å². The van der Waals surface area contributed by atoms with E-state index in [0.29, 0.717) is 39.6 Å². The highest BCUT2D eigenvalue weighted by molar-refractivity contribution is 5.84. The smallest absolute Gasteiger partial charge is 0.220 e. The van der Waals surface area contributed by atoms with Crippen LogP contribution in [0.1, 0.15) is 5.56 Å². The van der Waals surface area contributed by atoms with Crippen LogP contribution in [0, 0.1) is 5.82 Å². The quantitative estimate of drug-likeness (QED) is 0.418. The third kappa shape index (κ3) is 4.64. The van der Waals surface area contributed by atoms with Crippen molar-refractivity contribution in [3.63, 3.8) is 0 Å². The van der Waals surface area contributed by atoms with Gasteiger partial charge in [-0.3, -0.25) is 0 Å². The van der Waals surface area contributed by atoms with Crippen molar-refractivity contribution < 1.29 is 23.7 Å². The van der Waals surface area contributed by atoms with Crippen LogP contribution in [0.4, 0.5) is 10.3 Å². The lowest BCUT2D eigenvalue weighted by Crippen LogP contribution is -2.00. The molecule has 0 bridgehead atoms. The molecule has 0 unspecified atom stereocenters. The largest absolute Gasteiger partial charge is 0.507 e. The van der Waals surface area contributed by atoms with E-state index in [1.807, 2.05) is 6.07 Å². The summed E-state index contributed by atoms with van der Waals surface area (Å²) in [6.45, 7) is 0.0306. The molecule has 8 heteroatoms. The number of methoxy groups -OCH3 is 2. The number of aromatic hydroxyl groups is 1. The average Bonchev–Trinajstić information content (AvgIpc) is 2.83. The van der Waals surface area contributed by atoms with E-state index in [1.165, 1.54) is 12.1 Å². The van der Waals surface area contributed by atoms with Crippen molar-refractivity contribution >= 4 is 5.95 Å². The van der Waals surface area contributed by atoms with Crippen molar-refractivity contribution in [3.8, 4) is 45.4 Å². The van der Waals surface area contributed by atoms with Crippen molar-refractivity contribution in [2.75, 3.05) is 20.0 Å². The zero-order chi connectivity index (χ0) is 23.4. The molecule has 7 nitrogen and oxygen atoms in total. The highest BCUT2D eigenvalue weighted by atomic mass is 19.1. The highest BCUT2D eigenvalue weighted by Gasteiger charge is 2.17. The monoisotopic (exact) mass is 447 g/mol. The molecule has 0 aliphatic rings. The van der Waals surface area contributed by atoms with E-state index in [9.17, 15) is 9.50 Å². The zero-order valence-electron chi connectivity index (χ0n) is 18.1. The van der Waals surface area contributed by atoms with Crippen LogP contribution in [0.15, 0.2) is 66.9 Å². The van der Waals surface area contributed by atoms with Crippen LogP contribution in [-0.4, -0.2) is 29.3 Å². The number of anilines is 1. The number of nitrogens with two attached hydrogens (primary N) is 1. The summed E-state index contributed by atoms with van der Waals surface area (Å²) in [5, 5.41) is 10.7. The molecule has 0 saturated carbocycles. The summed E-state index contributed by atoms with van der Waals surface area (Å²) in [5.41, 5.74) is 8.53. The van der Waals surface area contributed by atoms with E-state index in [1.54, 1.807) is 62.9 Å². The van der Waals surface area contributed by atoms with Crippen molar-refractivity contribution in [3.05, 3.63) is 78.2 Å². The molecule has 0 saturated heterocycles. The van der Waals surface area contributed by atoms with Gasteiger partial charge < -0.3 is 25.1 Å². The molecule has 168 valence electrons. The molecular formula is C25H22FN3O4. The summed E-state index contributed by atoms with van der Waals surface area (Å²) in [4.78, 5) is 8.47. The molecule has 0 spiro atoms. The van der Waals surface area contributed by atoms with Gasteiger partial charge in [0.25, 0.3) is 0 Å². The normalized spacial score (nSPS) is 10.6. The fraction of sp³-hybridized carbons (Fsp3) is 0.120. The number of phenols is 1. The molecule has 0 radical (unpaired) electrons. The number of benzene rings is 3. The second-order valence-corrected chi connectivity index (χ2v) is 7.12. The number of nitrogens with zero attached hydrogens (tertiary/aromatic N) is 2. The van der Waals surface area contributed by atoms with Crippen molar-refractivity contribution in [2.45, 2.75) is 6.61 Å². The van der Waals surface area contributed by atoms with Crippen LogP contribution >= 0.6 is 0 Å². The number of phenolic OH excluding ortho intramolecular Hbond substituents is 1. The van der Waals surface area contributed by atoms with E-state index in [2.05, 4.69) is 9.97 Å². The van der Waals surface area contributed by atoms with E-state index in [-0.39, 0.29) is 24.1 Å². The molecule has 0 aliphatic carbocycles. The Balaban J connectivity index is 1.68. The summed E-state index contributed by atoms with van der Waals surface area (Å²) >= 11 is 0. The summed E-state index contributed by atoms with van der Waals surface area (Å²) < 4.78 is 30.2. The fourth-order valence-corrected chi connectivity index (χ4v) is 3.39. The number of hydrogen-bond donors (Lipinski definition) is 2. The van der Waals surface area contributed by atoms with Gasteiger partial charge in [0.2, 0.25) is 5.95 Å². The second kappa shape index (κ2) is 9.44. The summed E-state index contributed by atoms with van der Waals surface area (Å²) in [6, 6.07) is 16.5. The van der Waals surface area contributed by atoms with Gasteiger partial charge in [-0.05, 0) is 35.9 Å². The van der Waals surface area contributed by atoms with E-state index in [0.717, 1.165) is 5.56 Å². The maximum atomic E-state index is 13.8. The Morgan fingerprint density at radius 3 is 2.45 bits per heavy atom. The summed E-state index contributed by atoms with van der Waals surface area (Å²) in [5.74, 6) is 1.15. The van der Waals surface area contributed by atoms with Crippen LogP contribution in [0.5, 0.6) is 23.0 Å². The van der Waals surface area contributed by atoms with E-state index < -0.39 is 0 Å². The molecule has 4 aromatic rings. The Morgan fingerprint density at radius 1 is 0.939 bits per heavy atom. The first-order valence-electron chi connectivity index (χ1n) is 10.0. The first-order valence-corrected chi connectivity index (χ1v) is 10.0. The zero-order valence-corrected chi connectivity index (χ0v) is 18.1. The Morgan fingerprint density at radius 2 is 1.73 bits per heavy atom. The summed E-state index contributed by atoms with van der Waals surface area (Å²) in [7, 11) is 3.11. The van der Waals surface area contributed by atoms with Gasteiger partial charge in [-0.15, -0.1) is 0 Å². The SMILES string of the molecule is COc1ccc(-c2cnc(N)nc2-c2ccc(OCc3ccccc3F)cc2O)cc1OC. The minimum Gasteiger partial charge on any atom is -0.507 e. The van der Waals surface area contributed by atoms with Gasteiger partial charge in [0.1, 0.15) is 23.9 Å². The molecular weight excluding hydrogens is 425 g/mol. The topological polar surface area (TPSA) is 99.7 Å². The van der Waals surface area contributed by atoms with Gasteiger partial charge in [-0.1, -0.05) is 24.3 Å². The van der Waals surface area contributed by atoms with Crippen LogP contribution in [0.3, 0.4) is 0 Å².